The van der Waals surface area contributed by atoms with Gasteiger partial charge in [-0.3, -0.25) is 0 Å². The molecule has 5 nitrogen and oxygen atoms in total. The van der Waals surface area contributed by atoms with Crippen LogP contribution in [0.4, 0.5) is 5.69 Å². The SMILES string of the molecule is [C-]#[N+]c1cccc(-c2cccc(-c3cccc(-n4c5ccccc5c5ccc(C#N)cc54)c3)c2C#N)c1-n1c2ccccc2c2ccccc21. The lowest BCUT2D eigenvalue weighted by Crippen LogP contribution is -2.00. The lowest BCUT2D eigenvalue weighted by Gasteiger charge is -2.18. The molecule has 0 saturated carbocycles. The van der Waals surface area contributed by atoms with Crippen LogP contribution in [0.3, 0.4) is 0 Å². The van der Waals surface area contributed by atoms with Crippen LogP contribution in [0, 0.1) is 29.2 Å². The molecular weight excluding hydrogens is 611 g/mol. The Kier molecular flexibility index (Phi) is 6.56. The lowest BCUT2D eigenvalue weighted by molar-refractivity contribution is 1.18. The van der Waals surface area contributed by atoms with Crippen LogP contribution in [-0.2, 0) is 0 Å². The van der Waals surface area contributed by atoms with Crippen LogP contribution in [0.1, 0.15) is 11.1 Å². The Bertz CT molecular complexity index is 2920. The van der Waals surface area contributed by atoms with E-state index in [0.717, 1.165) is 77.2 Å². The van der Waals surface area contributed by atoms with Crippen LogP contribution >= 0.6 is 0 Å². The van der Waals surface area contributed by atoms with Crippen molar-refractivity contribution in [3.05, 3.63) is 174 Å². The Morgan fingerprint density at radius 2 is 1.06 bits per heavy atom. The number of aromatic nitrogens is 2. The summed E-state index contributed by atoms with van der Waals surface area (Å²) < 4.78 is 4.35. The van der Waals surface area contributed by atoms with Gasteiger partial charge in [-0.15, -0.1) is 0 Å². The van der Waals surface area contributed by atoms with E-state index in [1.807, 2.05) is 103 Å². The molecule has 0 aliphatic heterocycles. The van der Waals surface area contributed by atoms with Crippen LogP contribution in [0.15, 0.2) is 152 Å². The van der Waals surface area contributed by atoms with Crippen molar-refractivity contribution in [1.29, 1.82) is 10.5 Å². The molecule has 0 radical (unpaired) electrons. The average Bonchev–Trinajstić information content (AvgIpc) is 3.69. The largest absolute Gasteiger partial charge is 0.318 e. The Morgan fingerprint density at radius 1 is 0.480 bits per heavy atom. The molecule has 0 unspecified atom stereocenters. The van der Waals surface area contributed by atoms with Crippen molar-refractivity contribution in [2.45, 2.75) is 0 Å². The summed E-state index contributed by atoms with van der Waals surface area (Å²) in [5, 5.41) is 25.0. The van der Waals surface area contributed by atoms with E-state index in [4.69, 9.17) is 6.57 Å². The molecule has 230 valence electrons. The van der Waals surface area contributed by atoms with Crippen molar-refractivity contribution in [2.75, 3.05) is 0 Å². The first kappa shape index (κ1) is 28.8. The summed E-state index contributed by atoms with van der Waals surface area (Å²) in [4.78, 5) is 3.99. The van der Waals surface area contributed by atoms with E-state index >= 15 is 0 Å². The van der Waals surface area contributed by atoms with E-state index in [-0.39, 0.29) is 0 Å². The zero-order valence-corrected chi connectivity index (χ0v) is 26.7. The summed E-state index contributed by atoms with van der Waals surface area (Å²) in [5.74, 6) is 0. The minimum Gasteiger partial charge on any atom is -0.318 e. The van der Waals surface area contributed by atoms with Crippen LogP contribution in [0.25, 0.3) is 82.1 Å². The number of nitrogens with zero attached hydrogens (tertiary/aromatic N) is 5. The van der Waals surface area contributed by atoms with Gasteiger partial charge in [0, 0.05) is 38.4 Å². The van der Waals surface area contributed by atoms with E-state index in [2.05, 4.69) is 74.6 Å². The van der Waals surface area contributed by atoms with E-state index in [1.54, 1.807) is 0 Å². The molecular formula is C45H25N5. The van der Waals surface area contributed by atoms with E-state index in [9.17, 15) is 10.5 Å². The molecule has 0 fully saturated rings. The highest BCUT2D eigenvalue weighted by atomic mass is 15.0. The Balaban J connectivity index is 1.28. The monoisotopic (exact) mass is 635 g/mol. The zero-order valence-electron chi connectivity index (χ0n) is 26.7. The smallest absolute Gasteiger partial charge is 0.211 e. The quantitative estimate of drug-likeness (QED) is 0.181. The first-order chi connectivity index (χ1) is 24.7. The van der Waals surface area contributed by atoms with Crippen molar-refractivity contribution in [3.8, 4) is 45.8 Å². The van der Waals surface area contributed by atoms with Crippen LogP contribution in [0.5, 0.6) is 0 Å². The number of nitriles is 2. The second-order valence-electron chi connectivity index (χ2n) is 12.2. The van der Waals surface area contributed by atoms with Crippen molar-refractivity contribution in [2.24, 2.45) is 0 Å². The highest BCUT2D eigenvalue weighted by Gasteiger charge is 2.22. The van der Waals surface area contributed by atoms with Gasteiger partial charge in [-0.05, 0) is 53.6 Å². The van der Waals surface area contributed by atoms with Gasteiger partial charge in [0.05, 0.1) is 51.5 Å². The zero-order chi connectivity index (χ0) is 33.8. The fourth-order valence-electron chi connectivity index (χ4n) is 7.51. The number of benzene rings is 7. The van der Waals surface area contributed by atoms with Crippen LogP contribution in [0.2, 0.25) is 0 Å². The molecule has 0 saturated heterocycles. The summed E-state index contributed by atoms with van der Waals surface area (Å²) in [6.45, 7) is 8.20. The number of rotatable bonds is 4. The maximum absolute atomic E-state index is 10.9. The summed E-state index contributed by atoms with van der Waals surface area (Å²) in [6.07, 6.45) is 0. The molecule has 0 aliphatic carbocycles. The predicted molar refractivity (Wildman–Crippen MR) is 202 cm³/mol. The topological polar surface area (TPSA) is 61.8 Å². The van der Waals surface area contributed by atoms with Crippen LogP contribution < -0.4 is 0 Å². The Morgan fingerprint density at radius 3 is 1.72 bits per heavy atom. The first-order valence-corrected chi connectivity index (χ1v) is 16.3. The second kappa shape index (κ2) is 11.4. The molecule has 0 spiro atoms. The number of hydrogen-bond acceptors (Lipinski definition) is 2. The third kappa shape index (κ3) is 4.24. The fourth-order valence-corrected chi connectivity index (χ4v) is 7.51. The van der Waals surface area contributed by atoms with Gasteiger partial charge in [-0.25, -0.2) is 4.85 Å². The van der Waals surface area contributed by atoms with Gasteiger partial charge in [0.15, 0.2) is 0 Å². The van der Waals surface area contributed by atoms with Gasteiger partial charge >= 0.3 is 0 Å². The van der Waals surface area contributed by atoms with Crippen LogP contribution in [-0.4, -0.2) is 9.13 Å². The molecule has 2 aromatic heterocycles. The standard InChI is InChI=1S/C45H25N5/c1-48-40-19-10-18-38(45(40)50-42-21-6-3-13-34(42)35-14-4-7-22-43(35)50)33-17-9-16-32(39(33)28-47)30-11-8-12-31(26-30)49-41-20-5-2-15-36(41)37-24-23-29(27-46)25-44(37)49/h2-26H. The molecule has 9 aromatic rings. The van der Waals surface area contributed by atoms with Crippen molar-refractivity contribution < 1.29 is 0 Å². The average molecular weight is 636 g/mol. The van der Waals surface area contributed by atoms with E-state index in [0.29, 0.717) is 16.8 Å². The maximum Gasteiger partial charge on any atom is 0.211 e. The van der Waals surface area contributed by atoms with Gasteiger partial charge in [-0.1, -0.05) is 109 Å². The van der Waals surface area contributed by atoms with Gasteiger partial charge in [0.2, 0.25) is 5.69 Å². The summed E-state index contributed by atoms with van der Waals surface area (Å²) >= 11 is 0. The highest BCUT2D eigenvalue weighted by molar-refractivity contribution is 6.11. The van der Waals surface area contributed by atoms with Crippen molar-refractivity contribution >= 4 is 49.3 Å². The Hall–Kier alpha value is -7.39. The third-order valence-corrected chi connectivity index (χ3v) is 9.62. The summed E-state index contributed by atoms with van der Waals surface area (Å²) in [7, 11) is 0. The number of para-hydroxylation sites is 4. The van der Waals surface area contributed by atoms with E-state index in [1.165, 1.54) is 0 Å². The summed E-state index contributed by atoms with van der Waals surface area (Å²) in [5.41, 5.74) is 10.6. The molecule has 5 heteroatoms. The predicted octanol–water partition coefficient (Wildman–Crippen LogP) is 11.5. The molecule has 0 aliphatic rings. The normalized spacial score (nSPS) is 11.1. The second-order valence-corrected chi connectivity index (χ2v) is 12.2. The molecule has 0 N–H and O–H groups in total. The minimum atomic E-state index is 0.508. The minimum absolute atomic E-state index is 0.508. The molecule has 50 heavy (non-hydrogen) atoms. The van der Waals surface area contributed by atoms with Gasteiger partial charge in [0.1, 0.15) is 6.07 Å². The molecule has 0 bridgehead atoms. The van der Waals surface area contributed by atoms with Gasteiger partial charge in [-0.2, -0.15) is 10.5 Å². The fraction of sp³-hybridized carbons (Fsp3) is 0. The first-order valence-electron chi connectivity index (χ1n) is 16.3. The van der Waals surface area contributed by atoms with Gasteiger partial charge < -0.3 is 9.13 Å². The lowest BCUT2D eigenvalue weighted by atomic mass is 9.91. The molecule has 0 amide bonds. The molecule has 0 atom stereocenters. The molecule has 9 rings (SSSR count). The van der Waals surface area contributed by atoms with Crippen molar-refractivity contribution in [3.63, 3.8) is 0 Å². The number of hydrogen-bond donors (Lipinski definition) is 0. The van der Waals surface area contributed by atoms with E-state index < -0.39 is 0 Å². The molecule has 7 aromatic carbocycles. The maximum atomic E-state index is 10.9. The third-order valence-electron chi connectivity index (χ3n) is 9.62. The van der Waals surface area contributed by atoms with Crippen molar-refractivity contribution in [1.82, 2.24) is 9.13 Å². The summed E-state index contributed by atoms with van der Waals surface area (Å²) in [6, 6.07) is 55.3. The number of fused-ring (bicyclic) bond motifs is 6. The molecule has 2 heterocycles. The Labute approximate surface area is 288 Å². The highest BCUT2D eigenvalue weighted by Crippen LogP contribution is 2.43. The van der Waals surface area contributed by atoms with Gasteiger partial charge in [0.25, 0.3) is 0 Å².